The van der Waals surface area contributed by atoms with Gasteiger partial charge in [0.15, 0.2) is 0 Å². The fourth-order valence-corrected chi connectivity index (χ4v) is 1.81. The van der Waals surface area contributed by atoms with Crippen LogP contribution in [0.3, 0.4) is 0 Å². The van der Waals surface area contributed by atoms with Gasteiger partial charge in [0.25, 0.3) is 0 Å². The zero-order chi connectivity index (χ0) is 15.6. The molecule has 0 aliphatic carbocycles. The maximum Gasteiger partial charge on any atom is 0.471 e. The second-order valence-corrected chi connectivity index (χ2v) is 4.63. The second-order valence-electron chi connectivity index (χ2n) is 4.63. The van der Waals surface area contributed by atoms with Crippen LogP contribution in [0.4, 0.5) is 13.2 Å². The van der Waals surface area contributed by atoms with E-state index in [2.05, 4.69) is 19.7 Å². The normalized spacial score (nSPS) is 14.3. The SMILES string of the molecule is CN=C(C)C(C)c1ccc(-c2noc(C(F)(F)F)n2)cc1. The zero-order valence-electron chi connectivity index (χ0n) is 11.8. The van der Waals surface area contributed by atoms with Crippen molar-refractivity contribution >= 4 is 5.71 Å². The number of aliphatic imine (C=N–C) groups is 1. The molecule has 0 radical (unpaired) electrons. The molecule has 0 aliphatic heterocycles. The van der Waals surface area contributed by atoms with Crippen LogP contribution in [0.15, 0.2) is 33.8 Å². The molecule has 1 atom stereocenters. The number of nitrogens with zero attached hydrogens (tertiary/aromatic N) is 3. The average Bonchev–Trinajstić information content (AvgIpc) is 2.95. The summed E-state index contributed by atoms with van der Waals surface area (Å²) >= 11 is 0. The van der Waals surface area contributed by atoms with E-state index in [1.807, 2.05) is 26.0 Å². The number of alkyl halides is 3. The topological polar surface area (TPSA) is 51.3 Å². The summed E-state index contributed by atoms with van der Waals surface area (Å²) in [6, 6.07) is 6.97. The maximum atomic E-state index is 12.4. The molecule has 0 bridgehead atoms. The Labute approximate surface area is 119 Å². The summed E-state index contributed by atoms with van der Waals surface area (Å²) in [5.74, 6) is -1.29. The molecule has 1 aromatic carbocycles. The van der Waals surface area contributed by atoms with Gasteiger partial charge in [-0.1, -0.05) is 36.3 Å². The van der Waals surface area contributed by atoms with Crippen molar-refractivity contribution in [3.63, 3.8) is 0 Å². The largest absolute Gasteiger partial charge is 0.471 e. The van der Waals surface area contributed by atoms with Crippen LogP contribution in [0.5, 0.6) is 0 Å². The van der Waals surface area contributed by atoms with E-state index in [0.717, 1.165) is 11.3 Å². The average molecular weight is 297 g/mol. The Morgan fingerprint density at radius 2 is 1.86 bits per heavy atom. The first kappa shape index (κ1) is 15.2. The Morgan fingerprint density at radius 1 is 1.24 bits per heavy atom. The lowest BCUT2D eigenvalue weighted by molar-refractivity contribution is -0.159. The summed E-state index contributed by atoms with van der Waals surface area (Å²) in [5, 5.41) is 3.35. The minimum Gasteiger partial charge on any atom is -0.329 e. The molecule has 1 heterocycles. The Hall–Kier alpha value is -2.18. The van der Waals surface area contributed by atoms with Gasteiger partial charge in [-0.25, -0.2) is 0 Å². The van der Waals surface area contributed by atoms with Gasteiger partial charge in [0, 0.05) is 24.2 Å². The van der Waals surface area contributed by atoms with E-state index >= 15 is 0 Å². The third-order valence-corrected chi connectivity index (χ3v) is 3.32. The molecule has 0 aliphatic rings. The van der Waals surface area contributed by atoms with E-state index < -0.39 is 12.1 Å². The van der Waals surface area contributed by atoms with E-state index in [9.17, 15) is 13.2 Å². The third kappa shape index (κ3) is 3.29. The van der Waals surface area contributed by atoms with Crippen LogP contribution in [0.25, 0.3) is 11.4 Å². The van der Waals surface area contributed by atoms with Crippen LogP contribution >= 0.6 is 0 Å². The van der Waals surface area contributed by atoms with Gasteiger partial charge in [0.1, 0.15) is 0 Å². The van der Waals surface area contributed by atoms with Gasteiger partial charge in [-0.3, -0.25) is 4.99 Å². The summed E-state index contributed by atoms with van der Waals surface area (Å²) in [6.07, 6.45) is -4.63. The molecule has 0 fully saturated rings. The zero-order valence-corrected chi connectivity index (χ0v) is 11.8. The minimum absolute atomic E-state index is 0.0811. The van der Waals surface area contributed by atoms with E-state index in [4.69, 9.17) is 0 Å². The highest BCUT2D eigenvalue weighted by atomic mass is 19.4. The van der Waals surface area contributed by atoms with Crippen LogP contribution in [0.1, 0.15) is 31.2 Å². The van der Waals surface area contributed by atoms with Crippen molar-refractivity contribution in [3.05, 3.63) is 35.7 Å². The molecule has 4 nitrogen and oxygen atoms in total. The molecule has 112 valence electrons. The standard InChI is InChI=1S/C14H14F3N3O/c1-8(9(2)18-3)10-4-6-11(7-5-10)12-19-13(21-20-12)14(15,16)17/h4-8H,1-3H3. The van der Waals surface area contributed by atoms with Crippen LogP contribution in [0.2, 0.25) is 0 Å². The lowest BCUT2D eigenvalue weighted by Gasteiger charge is -2.11. The molecular formula is C14H14F3N3O. The summed E-state index contributed by atoms with van der Waals surface area (Å²) < 4.78 is 41.4. The lowest BCUT2D eigenvalue weighted by atomic mass is 9.96. The number of aromatic nitrogens is 2. The highest BCUT2D eigenvalue weighted by molar-refractivity contribution is 5.88. The molecule has 2 rings (SSSR count). The highest BCUT2D eigenvalue weighted by Crippen LogP contribution is 2.29. The van der Waals surface area contributed by atoms with Crippen molar-refractivity contribution in [1.29, 1.82) is 0 Å². The minimum atomic E-state index is -4.63. The summed E-state index contributed by atoms with van der Waals surface area (Å²) in [7, 11) is 1.72. The molecule has 1 aromatic heterocycles. The molecule has 0 N–H and O–H groups in total. The summed E-state index contributed by atoms with van der Waals surface area (Å²) in [6.45, 7) is 3.93. The molecule has 7 heteroatoms. The van der Waals surface area contributed by atoms with Crippen molar-refractivity contribution in [3.8, 4) is 11.4 Å². The van der Waals surface area contributed by atoms with Gasteiger partial charge in [-0.05, 0) is 12.5 Å². The van der Waals surface area contributed by atoms with Crippen molar-refractivity contribution in [2.45, 2.75) is 25.9 Å². The fraction of sp³-hybridized carbons (Fsp3) is 0.357. The molecule has 0 saturated heterocycles. The van der Waals surface area contributed by atoms with Gasteiger partial charge in [0.05, 0.1) is 0 Å². The molecule has 21 heavy (non-hydrogen) atoms. The molecular weight excluding hydrogens is 283 g/mol. The van der Waals surface area contributed by atoms with Gasteiger partial charge in [-0.2, -0.15) is 18.2 Å². The first-order valence-corrected chi connectivity index (χ1v) is 6.27. The monoisotopic (exact) mass is 297 g/mol. The van der Waals surface area contributed by atoms with Crippen LogP contribution in [-0.4, -0.2) is 22.9 Å². The van der Waals surface area contributed by atoms with Gasteiger partial charge >= 0.3 is 12.1 Å². The van der Waals surface area contributed by atoms with E-state index in [1.165, 1.54) is 0 Å². The quantitative estimate of drug-likeness (QED) is 0.806. The van der Waals surface area contributed by atoms with Crippen molar-refractivity contribution < 1.29 is 17.7 Å². The van der Waals surface area contributed by atoms with Crippen LogP contribution in [-0.2, 0) is 6.18 Å². The van der Waals surface area contributed by atoms with Gasteiger partial charge in [0.2, 0.25) is 5.82 Å². The van der Waals surface area contributed by atoms with E-state index in [-0.39, 0.29) is 11.7 Å². The molecule has 1 unspecified atom stereocenters. The fourth-order valence-electron chi connectivity index (χ4n) is 1.81. The second kappa shape index (κ2) is 5.67. The van der Waals surface area contributed by atoms with Crippen molar-refractivity contribution in [2.75, 3.05) is 7.05 Å². The predicted octanol–water partition coefficient (Wildman–Crippen LogP) is 3.95. The molecule has 0 saturated carbocycles. The predicted molar refractivity (Wildman–Crippen MR) is 72.2 cm³/mol. The van der Waals surface area contributed by atoms with E-state index in [1.54, 1.807) is 19.2 Å². The Balaban J connectivity index is 2.25. The Morgan fingerprint density at radius 3 is 2.33 bits per heavy atom. The van der Waals surface area contributed by atoms with Crippen molar-refractivity contribution in [2.24, 2.45) is 4.99 Å². The lowest BCUT2D eigenvalue weighted by Crippen LogP contribution is -2.05. The van der Waals surface area contributed by atoms with E-state index in [0.29, 0.717) is 5.56 Å². The number of halogens is 3. The van der Waals surface area contributed by atoms with Crippen LogP contribution in [0, 0.1) is 0 Å². The molecule has 0 spiro atoms. The number of rotatable bonds is 3. The summed E-state index contributed by atoms with van der Waals surface area (Å²) in [4.78, 5) is 7.48. The number of benzene rings is 1. The Bertz CT molecular complexity index is 644. The van der Waals surface area contributed by atoms with Crippen LogP contribution < -0.4 is 0 Å². The summed E-state index contributed by atoms with van der Waals surface area (Å²) in [5.41, 5.74) is 2.46. The van der Waals surface area contributed by atoms with Gasteiger partial charge in [-0.15, -0.1) is 0 Å². The molecule has 2 aromatic rings. The van der Waals surface area contributed by atoms with Gasteiger partial charge < -0.3 is 4.52 Å². The number of hydrogen-bond donors (Lipinski definition) is 0. The smallest absolute Gasteiger partial charge is 0.329 e. The first-order chi connectivity index (χ1) is 9.82. The maximum absolute atomic E-state index is 12.4. The molecule has 0 amide bonds. The Kier molecular flexibility index (Phi) is 4.11. The highest BCUT2D eigenvalue weighted by Gasteiger charge is 2.38. The first-order valence-electron chi connectivity index (χ1n) is 6.27. The van der Waals surface area contributed by atoms with Crippen molar-refractivity contribution in [1.82, 2.24) is 10.1 Å². The third-order valence-electron chi connectivity index (χ3n) is 3.32. The number of hydrogen-bond acceptors (Lipinski definition) is 4.